The first kappa shape index (κ1) is 12.1. The average Bonchev–Trinajstić information content (AvgIpc) is 2.29. The summed E-state index contributed by atoms with van der Waals surface area (Å²) in [6.07, 6.45) is 5.37. The van der Waals surface area contributed by atoms with Gasteiger partial charge in [0.25, 0.3) is 0 Å². The van der Waals surface area contributed by atoms with E-state index in [0.29, 0.717) is 32.0 Å². The maximum Gasteiger partial charge on any atom is 0.147 e. The molecule has 3 nitrogen and oxygen atoms in total. The highest BCUT2D eigenvalue weighted by molar-refractivity contribution is 5.12. The third-order valence-corrected chi connectivity index (χ3v) is 3.77. The third kappa shape index (κ3) is 2.84. The van der Waals surface area contributed by atoms with E-state index in [2.05, 4.69) is 6.58 Å². The molecular formula is C13H22O3. The van der Waals surface area contributed by atoms with Crippen LogP contribution in [-0.4, -0.2) is 33.2 Å². The lowest BCUT2D eigenvalue weighted by Crippen LogP contribution is -2.38. The lowest BCUT2D eigenvalue weighted by Gasteiger charge is -2.43. The number of hydrogen-bond acceptors (Lipinski definition) is 3. The van der Waals surface area contributed by atoms with Crippen LogP contribution in [0.5, 0.6) is 0 Å². The Hall–Kier alpha value is -0.380. The summed E-state index contributed by atoms with van der Waals surface area (Å²) in [5.41, 5.74) is 1.39. The van der Waals surface area contributed by atoms with Crippen LogP contribution in [0.1, 0.15) is 25.7 Å². The molecule has 16 heavy (non-hydrogen) atoms. The van der Waals surface area contributed by atoms with Gasteiger partial charge in [-0.25, -0.2) is 0 Å². The van der Waals surface area contributed by atoms with Gasteiger partial charge in [0.2, 0.25) is 0 Å². The monoisotopic (exact) mass is 226 g/mol. The Morgan fingerprint density at radius 1 is 1.31 bits per heavy atom. The van der Waals surface area contributed by atoms with Gasteiger partial charge in [0.15, 0.2) is 0 Å². The van der Waals surface area contributed by atoms with E-state index in [9.17, 15) is 0 Å². The van der Waals surface area contributed by atoms with E-state index in [1.165, 1.54) is 31.3 Å². The first-order valence-corrected chi connectivity index (χ1v) is 6.17. The number of hydrogen-bond donors (Lipinski definition) is 0. The molecule has 0 aromatic heterocycles. The van der Waals surface area contributed by atoms with Crippen molar-refractivity contribution in [3.8, 4) is 0 Å². The van der Waals surface area contributed by atoms with E-state index >= 15 is 0 Å². The summed E-state index contributed by atoms with van der Waals surface area (Å²) in [4.78, 5) is 0. The lowest BCUT2D eigenvalue weighted by molar-refractivity contribution is -0.129. The van der Waals surface area contributed by atoms with Crippen LogP contribution in [0.2, 0.25) is 0 Å². The SMILES string of the molecule is C=C1C[C@@H]2CC[C@H]1[C@@H](OCOCCOC)C2. The van der Waals surface area contributed by atoms with Gasteiger partial charge in [-0.15, -0.1) is 0 Å². The van der Waals surface area contributed by atoms with Gasteiger partial charge in [-0.2, -0.15) is 0 Å². The molecule has 0 unspecified atom stereocenters. The molecular weight excluding hydrogens is 204 g/mol. The van der Waals surface area contributed by atoms with Crippen LogP contribution in [-0.2, 0) is 14.2 Å². The fourth-order valence-electron chi connectivity index (χ4n) is 2.91. The van der Waals surface area contributed by atoms with Crippen LogP contribution in [0.4, 0.5) is 0 Å². The smallest absolute Gasteiger partial charge is 0.147 e. The number of fused-ring (bicyclic) bond motifs is 3. The van der Waals surface area contributed by atoms with Crippen molar-refractivity contribution in [2.75, 3.05) is 27.1 Å². The highest BCUT2D eigenvalue weighted by Gasteiger charge is 2.38. The molecule has 2 bridgehead atoms. The Labute approximate surface area is 97.8 Å². The van der Waals surface area contributed by atoms with Gasteiger partial charge in [-0.05, 0) is 31.6 Å². The first-order valence-electron chi connectivity index (χ1n) is 6.17. The van der Waals surface area contributed by atoms with Gasteiger partial charge in [-0.1, -0.05) is 12.2 Å². The highest BCUT2D eigenvalue weighted by Crippen LogP contribution is 2.45. The summed E-state index contributed by atoms with van der Waals surface area (Å²) in [7, 11) is 1.67. The molecule has 3 heteroatoms. The Morgan fingerprint density at radius 2 is 2.19 bits per heavy atom. The molecule has 3 rings (SSSR count). The van der Waals surface area contributed by atoms with Crippen LogP contribution in [0.3, 0.4) is 0 Å². The Morgan fingerprint density at radius 3 is 2.88 bits per heavy atom. The van der Waals surface area contributed by atoms with E-state index in [0.717, 1.165) is 5.92 Å². The molecule has 3 aliphatic rings. The van der Waals surface area contributed by atoms with Crippen LogP contribution < -0.4 is 0 Å². The van der Waals surface area contributed by atoms with E-state index in [1.54, 1.807) is 7.11 Å². The minimum atomic E-state index is 0.350. The molecule has 0 aromatic carbocycles. The van der Waals surface area contributed by atoms with Crippen LogP contribution in [0, 0.1) is 11.8 Å². The number of ether oxygens (including phenoxy) is 3. The van der Waals surface area contributed by atoms with Crippen molar-refractivity contribution in [3.63, 3.8) is 0 Å². The van der Waals surface area contributed by atoms with E-state index in [-0.39, 0.29) is 0 Å². The van der Waals surface area contributed by atoms with E-state index in [1.807, 2.05) is 0 Å². The van der Waals surface area contributed by atoms with Gasteiger partial charge >= 0.3 is 0 Å². The second kappa shape index (κ2) is 5.80. The normalized spacial score (nSPS) is 33.3. The first-order chi connectivity index (χ1) is 7.81. The summed E-state index contributed by atoms with van der Waals surface area (Å²) in [6.45, 7) is 5.80. The summed E-state index contributed by atoms with van der Waals surface area (Å²) in [5.74, 6) is 1.39. The summed E-state index contributed by atoms with van der Waals surface area (Å²) in [6, 6.07) is 0. The van der Waals surface area contributed by atoms with Crippen molar-refractivity contribution in [2.45, 2.75) is 31.8 Å². The van der Waals surface area contributed by atoms with Gasteiger partial charge in [0.1, 0.15) is 6.79 Å². The maximum atomic E-state index is 5.80. The zero-order chi connectivity index (χ0) is 11.4. The topological polar surface area (TPSA) is 27.7 Å². The Bertz CT molecular complexity index is 239. The van der Waals surface area contributed by atoms with E-state index < -0.39 is 0 Å². The number of methoxy groups -OCH3 is 1. The molecule has 0 spiro atoms. The molecule has 0 aromatic rings. The molecule has 3 fully saturated rings. The fraction of sp³-hybridized carbons (Fsp3) is 0.846. The fourth-order valence-corrected chi connectivity index (χ4v) is 2.91. The van der Waals surface area contributed by atoms with Crippen LogP contribution in [0.25, 0.3) is 0 Å². The molecule has 3 aliphatic carbocycles. The molecule has 3 saturated carbocycles. The molecule has 92 valence electrons. The van der Waals surface area contributed by atoms with Crippen LogP contribution >= 0.6 is 0 Å². The lowest BCUT2D eigenvalue weighted by atomic mass is 9.67. The third-order valence-electron chi connectivity index (χ3n) is 3.77. The maximum absolute atomic E-state index is 5.80. The summed E-state index contributed by atoms with van der Waals surface area (Å²) >= 11 is 0. The van der Waals surface area contributed by atoms with Crippen molar-refractivity contribution in [2.24, 2.45) is 11.8 Å². The van der Waals surface area contributed by atoms with Crippen LogP contribution in [0.15, 0.2) is 12.2 Å². The molecule has 0 amide bonds. The van der Waals surface area contributed by atoms with Crippen molar-refractivity contribution in [3.05, 3.63) is 12.2 Å². The molecule has 0 radical (unpaired) electrons. The summed E-state index contributed by atoms with van der Waals surface area (Å²) < 4.78 is 16.0. The van der Waals surface area contributed by atoms with E-state index in [4.69, 9.17) is 14.2 Å². The Balaban J connectivity index is 1.68. The average molecular weight is 226 g/mol. The van der Waals surface area contributed by atoms with Gasteiger partial charge < -0.3 is 14.2 Å². The van der Waals surface area contributed by atoms with Gasteiger partial charge in [0, 0.05) is 13.0 Å². The van der Waals surface area contributed by atoms with Gasteiger partial charge in [0.05, 0.1) is 19.3 Å². The summed E-state index contributed by atoms with van der Waals surface area (Å²) in [5, 5.41) is 0. The predicted octanol–water partition coefficient (Wildman–Crippen LogP) is 2.37. The second-order valence-electron chi connectivity index (χ2n) is 4.87. The predicted molar refractivity (Wildman–Crippen MR) is 62.2 cm³/mol. The zero-order valence-corrected chi connectivity index (χ0v) is 10.1. The largest absolute Gasteiger partial charge is 0.382 e. The highest BCUT2D eigenvalue weighted by atomic mass is 16.7. The molecule has 0 saturated heterocycles. The van der Waals surface area contributed by atoms with Crippen molar-refractivity contribution >= 4 is 0 Å². The van der Waals surface area contributed by atoms with Crippen molar-refractivity contribution < 1.29 is 14.2 Å². The second-order valence-corrected chi connectivity index (χ2v) is 4.87. The molecule has 0 N–H and O–H groups in total. The zero-order valence-electron chi connectivity index (χ0n) is 10.1. The quantitative estimate of drug-likeness (QED) is 0.395. The minimum Gasteiger partial charge on any atom is -0.382 e. The van der Waals surface area contributed by atoms with Crippen molar-refractivity contribution in [1.82, 2.24) is 0 Å². The Kier molecular flexibility index (Phi) is 4.38. The minimum absolute atomic E-state index is 0.350. The number of rotatable bonds is 6. The molecule has 0 heterocycles. The molecule has 0 aliphatic heterocycles. The van der Waals surface area contributed by atoms with Crippen molar-refractivity contribution in [1.29, 1.82) is 0 Å². The molecule has 3 atom stereocenters. The van der Waals surface area contributed by atoms with Gasteiger partial charge in [-0.3, -0.25) is 0 Å². The standard InChI is InChI=1S/C13H22O3/c1-10-7-11-3-4-12(10)13(8-11)16-9-15-6-5-14-2/h11-13H,1,3-9H2,2H3/t11-,12+,13-/m0/s1.